The molecule has 0 bridgehead atoms. The Morgan fingerprint density at radius 2 is 2.05 bits per heavy atom. The Bertz CT molecular complexity index is 647. The molecule has 2 aliphatic carbocycles. The highest BCUT2D eigenvalue weighted by molar-refractivity contribution is 7.87. The van der Waals surface area contributed by atoms with Crippen molar-refractivity contribution >= 4 is 10.1 Å². The molecule has 0 N–H and O–H groups in total. The van der Waals surface area contributed by atoms with Crippen LogP contribution >= 0.6 is 0 Å². The van der Waals surface area contributed by atoms with Crippen LogP contribution < -0.4 is 0 Å². The van der Waals surface area contributed by atoms with Crippen LogP contribution in [0.5, 0.6) is 0 Å². The Morgan fingerprint density at radius 3 is 2.62 bits per heavy atom. The topological polar surface area (TPSA) is 86.5 Å². The minimum absolute atomic E-state index is 0.308. The maximum Gasteiger partial charge on any atom is 0.534 e. The molecule has 6 nitrogen and oxygen atoms in total. The van der Waals surface area contributed by atoms with Gasteiger partial charge in [-0.15, -0.1) is 0 Å². The predicted molar refractivity (Wildman–Crippen MR) is 64.6 cm³/mol. The van der Waals surface area contributed by atoms with Crippen LogP contribution in [0.3, 0.4) is 0 Å². The normalized spacial score (nSPS) is 25.7. The number of rotatable bonds is 3. The largest absolute Gasteiger partial charge is 0.534 e. The van der Waals surface area contributed by atoms with E-state index >= 15 is 0 Å². The van der Waals surface area contributed by atoms with E-state index in [2.05, 4.69) is 4.18 Å². The van der Waals surface area contributed by atoms with Crippen LogP contribution in [0, 0.1) is 22.0 Å². The van der Waals surface area contributed by atoms with Gasteiger partial charge in [0.1, 0.15) is 5.76 Å². The third-order valence-corrected chi connectivity index (χ3v) is 4.18. The molecule has 0 saturated carbocycles. The number of fused-ring (bicyclic) bond motifs is 1. The minimum Gasteiger partial charge on any atom is -0.380 e. The second-order valence-corrected chi connectivity index (χ2v) is 6.10. The number of nitro groups is 1. The van der Waals surface area contributed by atoms with E-state index in [0.29, 0.717) is 12.8 Å². The van der Waals surface area contributed by atoms with Crippen LogP contribution in [0.25, 0.3) is 0 Å². The van der Waals surface area contributed by atoms with Gasteiger partial charge >= 0.3 is 15.6 Å². The van der Waals surface area contributed by atoms with Crippen LogP contribution in [-0.4, -0.2) is 18.8 Å². The summed E-state index contributed by atoms with van der Waals surface area (Å²) in [5, 5.41) is 10.7. The molecule has 0 aromatic rings. The van der Waals surface area contributed by atoms with Crippen molar-refractivity contribution in [2.24, 2.45) is 11.8 Å². The maximum atomic E-state index is 12.3. The van der Waals surface area contributed by atoms with E-state index in [-0.39, 0.29) is 11.6 Å². The summed E-state index contributed by atoms with van der Waals surface area (Å²) in [5.74, 6) is -1.63. The van der Waals surface area contributed by atoms with Gasteiger partial charge in [0.25, 0.3) is 5.70 Å². The molecule has 116 valence electrons. The Labute approximate surface area is 117 Å². The molecule has 0 saturated heterocycles. The highest BCUT2D eigenvalue weighted by Gasteiger charge is 2.50. The second-order valence-electron chi connectivity index (χ2n) is 4.56. The van der Waals surface area contributed by atoms with Crippen molar-refractivity contribution < 1.29 is 30.7 Å². The first-order valence-electron chi connectivity index (χ1n) is 5.87. The highest BCUT2D eigenvalue weighted by atomic mass is 32.2. The van der Waals surface area contributed by atoms with Crippen molar-refractivity contribution in [3.63, 3.8) is 0 Å². The van der Waals surface area contributed by atoms with Crippen molar-refractivity contribution in [2.75, 3.05) is 0 Å². The van der Waals surface area contributed by atoms with E-state index in [0.717, 1.165) is 6.08 Å². The summed E-state index contributed by atoms with van der Waals surface area (Å²) in [6.07, 6.45) is 5.94. The Hall–Kier alpha value is -1.84. The molecule has 0 aliphatic heterocycles. The van der Waals surface area contributed by atoms with Gasteiger partial charge in [-0.2, -0.15) is 21.6 Å². The number of nitrogens with zero attached hydrogens (tertiary/aromatic N) is 1. The average Bonchev–Trinajstić information content (AvgIpc) is 2.36. The lowest BCUT2D eigenvalue weighted by molar-refractivity contribution is -0.419. The molecule has 0 aromatic heterocycles. The van der Waals surface area contributed by atoms with Crippen molar-refractivity contribution in [3.8, 4) is 0 Å². The summed E-state index contributed by atoms with van der Waals surface area (Å²) in [6, 6.07) is 0. The number of hydrogen-bond acceptors (Lipinski definition) is 5. The molecule has 0 aromatic carbocycles. The number of hydrogen-bond donors (Lipinski definition) is 0. The van der Waals surface area contributed by atoms with Crippen LogP contribution in [-0.2, 0) is 14.3 Å². The van der Waals surface area contributed by atoms with Gasteiger partial charge < -0.3 is 4.18 Å². The summed E-state index contributed by atoms with van der Waals surface area (Å²) in [7, 11) is -5.78. The molecular weight excluding hydrogens is 315 g/mol. The van der Waals surface area contributed by atoms with E-state index < -0.39 is 32.2 Å². The van der Waals surface area contributed by atoms with Crippen molar-refractivity contribution in [3.05, 3.63) is 45.9 Å². The van der Waals surface area contributed by atoms with Gasteiger partial charge in [-0.05, 0) is 24.8 Å². The molecule has 0 radical (unpaired) electrons. The standard InChI is InChI=1S/C11H10F3NO5S/c12-11(13,14)21(18,19)20-10-3-1-2-7-4-5-8(15(16)17)6-9(7)10/h3-7,9H,1-2H2. The van der Waals surface area contributed by atoms with Crippen LogP contribution in [0.4, 0.5) is 13.2 Å². The summed E-state index contributed by atoms with van der Waals surface area (Å²) in [6.45, 7) is 0. The third kappa shape index (κ3) is 3.09. The number of alkyl halides is 3. The molecule has 21 heavy (non-hydrogen) atoms. The van der Waals surface area contributed by atoms with Crippen LogP contribution in [0.15, 0.2) is 35.8 Å². The highest BCUT2D eigenvalue weighted by Crippen LogP contribution is 2.39. The summed E-state index contributed by atoms with van der Waals surface area (Å²) in [4.78, 5) is 10.0. The molecule has 2 atom stereocenters. The van der Waals surface area contributed by atoms with Gasteiger partial charge in [0, 0.05) is 18.1 Å². The summed E-state index contributed by atoms with van der Waals surface area (Å²) < 4.78 is 63.3. The quantitative estimate of drug-likeness (QED) is 0.344. The molecule has 0 heterocycles. The molecule has 2 aliphatic rings. The van der Waals surface area contributed by atoms with Crippen molar-refractivity contribution in [1.82, 2.24) is 0 Å². The molecule has 0 spiro atoms. The van der Waals surface area contributed by atoms with Gasteiger partial charge in [0.05, 0.1) is 4.92 Å². The number of halogens is 3. The van der Waals surface area contributed by atoms with Gasteiger partial charge in [0.2, 0.25) is 0 Å². The fourth-order valence-electron chi connectivity index (χ4n) is 2.21. The monoisotopic (exact) mass is 325 g/mol. The zero-order chi connectivity index (χ0) is 15.8. The molecular formula is C11H10F3NO5S. The van der Waals surface area contributed by atoms with E-state index in [1.54, 1.807) is 0 Å². The smallest absolute Gasteiger partial charge is 0.380 e. The lowest BCUT2D eigenvalue weighted by Gasteiger charge is -2.29. The van der Waals surface area contributed by atoms with Crippen molar-refractivity contribution in [1.29, 1.82) is 0 Å². The molecule has 0 fully saturated rings. The van der Waals surface area contributed by atoms with Gasteiger partial charge in [-0.25, -0.2) is 0 Å². The fraction of sp³-hybridized carbons (Fsp3) is 0.455. The second kappa shape index (κ2) is 5.17. The number of allylic oxidation sites excluding steroid dienone is 4. The first-order valence-corrected chi connectivity index (χ1v) is 7.28. The van der Waals surface area contributed by atoms with E-state index in [1.807, 2.05) is 0 Å². The summed E-state index contributed by atoms with van der Waals surface area (Å²) in [5.41, 5.74) is -5.85. The zero-order valence-electron chi connectivity index (χ0n) is 10.4. The summed E-state index contributed by atoms with van der Waals surface area (Å²) >= 11 is 0. The minimum atomic E-state index is -5.78. The third-order valence-electron chi connectivity index (χ3n) is 3.20. The molecule has 2 unspecified atom stereocenters. The Kier molecular flexibility index (Phi) is 3.83. The lowest BCUT2D eigenvalue weighted by atomic mass is 9.79. The maximum absolute atomic E-state index is 12.3. The van der Waals surface area contributed by atoms with Crippen LogP contribution in [0.2, 0.25) is 0 Å². The van der Waals surface area contributed by atoms with Crippen LogP contribution in [0.1, 0.15) is 12.8 Å². The van der Waals surface area contributed by atoms with E-state index in [4.69, 9.17) is 0 Å². The van der Waals surface area contributed by atoms with E-state index in [1.165, 1.54) is 18.2 Å². The first-order chi connectivity index (χ1) is 9.62. The first kappa shape index (κ1) is 15.5. The average molecular weight is 325 g/mol. The van der Waals surface area contributed by atoms with Crippen molar-refractivity contribution in [2.45, 2.75) is 18.3 Å². The Balaban J connectivity index is 2.31. The van der Waals surface area contributed by atoms with Gasteiger partial charge in [0.15, 0.2) is 0 Å². The zero-order valence-corrected chi connectivity index (χ0v) is 11.2. The lowest BCUT2D eigenvalue weighted by Crippen LogP contribution is -2.30. The van der Waals surface area contributed by atoms with Gasteiger partial charge in [-0.3, -0.25) is 10.1 Å². The van der Waals surface area contributed by atoms with Gasteiger partial charge in [-0.1, -0.05) is 6.08 Å². The predicted octanol–water partition coefficient (Wildman–Crippen LogP) is 2.49. The molecule has 2 rings (SSSR count). The Morgan fingerprint density at radius 1 is 1.38 bits per heavy atom. The molecule has 10 heteroatoms. The molecule has 0 amide bonds. The fourth-order valence-corrected chi connectivity index (χ4v) is 2.74. The SMILES string of the molecule is O=[N+]([O-])C1=CC2C(OS(=O)(=O)C(F)(F)F)=CCCC2C=C1. The van der Waals surface area contributed by atoms with E-state index in [9.17, 15) is 31.7 Å².